The third kappa shape index (κ3) is 7.55. The number of hydrogen-bond donors (Lipinski definition) is 3. The van der Waals surface area contributed by atoms with Gasteiger partial charge in [0.2, 0.25) is 0 Å². The first-order chi connectivity index (χ1) is 6.20. The molecule has 0 aliphatic heterocycles. The van der Waals surface area contributed by atoms with Crippen LogP contribution in [0.25, 0.3) is 0 Å². The summed E-state index contributed by atoms with van der Waals surface area (Å²) in [7, 11) is 0. The first-order valence-electron chi connectivity index (χ1n) is 4.49. The predicted octanol–water partition coefficient (Wildman–Crippen LogP) is 0.138. The Morgan fingerprint density at radius 1 is 1.69 bits per heavy atom. The van der Waals surface area contributed by atoms with Crippen molar-refractivity contribution in [3.63, 3.8) is 0 Å². The minimum atomic E-state index is 0.206. The largest absolute Gasteiger partial charge is 0.409 e. The molecule has 0 fully saturated rings. The van der Waals surface area contributed by atoms with E-state index in [9.17, 15) is 0 Å². The minimum absolute atomic E-state index is 0.206. The van der Waals surface area contributed by atoms with Crippen LogP contribution in [0.3, 0.4) is 0 Å². The standard InChI is InChI=1S/C8H19N3O2/c1-3-13-7(2)6-10-5-4-8(9)11-12/h7,10,12H,3-6H2,1-2H3,(H2,9,11). The smallest absolute Gasteiger partial charge is 0.140 e. The van der Waals surface area contributed by atoms with Gasteiger partial charge in [0.15, 0.2) is 0 Å². The van der Waals surface area contributed by atoms with Crippen LogP contribution in [0, 0.1) is 0 Å². The third-order valence-corrected chi connectivity index (χ3v) is 1.57. The first kappa shape index (κ1) is 12.2. The van der Waals surface area contributed by atoms with Crippen molar-refractivity contribution in [2.45, 2.75) is 26.4 Å². The topological polar surface area (TPSA) is 79.9 Å². The summed E-state index contributed by atoms with van der Waals surface area (Å²) in [6, 6.07) is 0. The maximum atomic E-state index is 8.24. The Kier molecular flexibility index (Phi) is 7.33. The minimum Gasteiger partial charge on any atom is -0.409 e. The molecule has 0 saturated heterocycles. The Labute approximate surface area is 78.9 Å². The SMILES string of the molecule is CCOC(C)CNCCC(N)=NO. The zero-order valence-corrected chi connectivity index (χ0v) is 8.29. The Hall–Kier alpha value is -0.810. The molecule has 1 unspecified atom stereocenters. The Bertz CT molecular complexity index is 150. The molecule has 0 radical (unpaired) electrons. The molecule has 4 N–H and O–H groups in total. The van der Waals surface area contributed by atoms with Crippen LogP contribution in [0.2, 0.25) is 0 Å². The molecule has 0 spiro atoms. The summed E-state index contributed by atoms with van der Waals surface area (Å²) in [6.07, 6.45) is 0.757. The fourth-order valence-corrected chi connectivity index (χ4v) is 0.915. The van der Waals surface area contributed by atoms with Crippen LogP contribution in [0.5, 0.6) is 0 Å². The highest BCUT2D eigenvalue weighted by Crippen LogP contribution is 1.87. The van der Waals surface area contributed by atoms with Crippen molar-refractivity contribution in [2.24, 2.45) is 10.9 Å². The molecule has 0 saturated carbocycles. The number of nitrogens with one attached hydrogen (secondary N) is 1. The van der Waals surface area contributed by atoms with E-state index in [-0.39, 0.29) is 11.9 Å². The van der Waals surface area contributed by atoms with E-state index in [1.54, 1.807) is 0 Å². The number of rotatable bonds is 7. The summed E-state index contributed by atoms with van der Waals surface area (Å²) in [6.45, 7) is 6.18. The maximum Gasteiger partial charge on any atom is 0.140 e. The molecular formula is C8H19N3O2. The van der Waals surface area contributed by atoms with Crippen molar-refractivity contribution in [2.75, 3.05) is 19.7 Å². The lowest BCUT2D eigenvalue weighted by Gasteiger charge is -2.11. The van der Waals surface area contributed by atoms with E-state index in [0.29, 0.717) is 13.0 Å². The average Bonchev–Trinajstić information content (AvgIpc) is 2.12. The zero-order valence-electron chi connectivity index (χ0n) is 8.29. The van der Waals surface area contributed by atoms with Gasteiger partial charge < -0.3 is 21.0 Å². The van der Waals surface area contributed by atoms with Crippen molar-refractivity contribution in [1.29, 1.82) is 0 Å². The molecule has 0 aliphatic carbocycles. The number of nitrogens with two attached hydrogens (primary N) is 1. The van der Waals surface area contributed by atoms with Gasteiger partial charge in [-0.15, -0.1) is 0 Å². The van der Waals surface area contributed by atoms with E-state index < -0.39 is 0 Å². The summed E-state index contributed by atoms with van der Waals surface area (Å²) < 4.78 is 5.30. The van der Waals surface area contributed by atoms with Gasteiger partial charge in [-0.3, -0.25) is 0 Å². The van der Waals surface area contributed by atoms with Crippen molar-refractivity contribution in [3.05, 3.63) is 0 Å². The van der Waals surface area contributed by atoms with E-state index >= 15 is 0 Å². The van der Waals surface area contributed by atoms with Crippen LogP contribution >= 0.6 is 0 Å². The van der Waals surface area contributed by atoms with Crippen LogP contribution in [-0.2, 0) is 4.74 Å². The summed E-state index contributed by atoms with van der Waals surface area (Å²) in [4.78, 5) is 0. The summed E-state index contributed by atoms with van der Waals surface area (Å²) in [5, 5.41) is 14.2. The van der Waals surface area contributed by atoms with Gasteiger partial charge in [-0.1, -0.05) is 5.16 Å². The lowest BCUT2D eigenvalue weighted by molar-refractivity contribution is 0.0764. The van der Waals surface area contributed by atoms with Gasteiger partial charge >= 0.3 is 0 Å². The number of nitrogens with zero attached hydrogens (tertiary/aromatic N) is 1. The molecule has 0 aromatic rings. The van der Waals surface area contributed by atoms with Gasteiger partial charge in [0.05, 0.1) is 6.10 Å². The van der Waals surface area contributed by atoms with Crippen molar-refractivity contribution in [1.82, 2.24) is 5.32 Å². The molecule has 0 aromatic heterocycles. The lowest BCUT2D eigenvalue weighted by atomic mass is 10.3. The van der Waals surface area contributed by atoms with Crippen molar-refractivity contribution < 1.29 is 9.94 Å². The molecule has 5 nitrogen and oxygen atoms in total. The first-order valence-corrected chi connectivity index (χ1v) is 4.49. The molecule has 0 rings (SSSR count). The second-order valence-electron chi connectivity index (χ2n) is 2.81. The highest BCUT2D eigenvalue weighted by atomic mass is 16.5. The monoisotopic (exact) mass is 189 g/mol. The Morgan fingerprint density at radius 2 is 2.38 bits per heavy atom. The van der Waals surface area contributed by atoms with Gasteiger partial charge in [-0.2, -0.15) is 0 Å². The van der Waals surface area contributed by atoms with Crippen LogP contribution in [0.4, 0.5) is 0 Å². The quantitative estimate of drug-likeness (QED) is 0.175. The Morgan fingerprint density at radius 3 is 2.92 bits per heavy atom. The molecule has 0 heterocycles. The fraction of sp³-hybridized carbons (Fsp3) is 0.875. The summed E-state index contributed by atoms with van der Waals surface area (Å²) in [5.74, 6) is 0.247. The third-order valence-electron chi connectivity index (χ3n) is 1.57. The van der Waals surface area contributed by atoms with E-state index in [4.69, 9.17) is 15.7 Å². The van der Waals surface area contributed by atoms with Gasteiger partial charge in [0.1, 0.15) is 5.84 Å². The Balaban J connectivity index is 3.25. The lowest BCUT2D eigenvalue weighted by Crippen LogP contribution is -2.29. The molecule has 0 aromatic carbocycles. The molecule has 13 heavy (non-hydrogen) atoms. The molecule has 5 heteroatoms. The van der Waals surface area contributed by atoms with Crippen molar-refractivity contribution in [3.8, 4) is 0 Å². The molecule has 1 atom stereocenters. The zero-order chi connectivity index (χ0) is 10.1. The van der Waals surface area contributed by atoms with Crippen LogP contribution < -0.4 is 11.1 Å². The maximum absolute atomic E-state index is 8.24. The van der Waals surface area contributed by atoms with Gasteiger partial charge in [0.25, 0.3) is 0 Å². The summed E-state index contributed by atoms with van der Waals surface area (Å²) in [5.41, 5.74) is 5.28. The molecular weight excluding hydrogens is 170 g/mol. The second kappa shape index (κ2) is 7.82. The van der Waals surface area contributed by atoms with E-state index in [0.717, 1.165) is 13.2 Å². The number of amidine groups is 1. The van der Waals surface area contributed by atoms with Gasteiger partial charge in [0, 0.05) is 26.1 Å². The van der Waals surface area contributed by atoms with E-state index in [1.165, 1.54) is 0 Å². The normalized spacial score (nSPS) is 14.5. The highest BCUT2D eigenvalue weighted by Gasteiger charge is 1.99. The number of ether oxygens (including phenoxy) is 1. The van der Waals surface area contributed by atoms with Crippen LogP contribution in [-0.4, -0.2) is 36.8 Å². The van der Waals surface area contributed by atoms with E-state index in [1.807, 2.05) is 13.8 Å². The van der Waals surface area contributed by atoms with Gasteiger partial charge in [-0.05, 0) is 13.8 Å². The number of hydrogen-bond acceptors (Lipinski definition) is 4. The predicted molar refractivity (Wildman–Crippen MR) is 52.0 cm³/mol. The van der Waals surface area contributed by atoms with Crippen LogP contribution in [0.1, 0.15) is 20.3 Å². The second-order valence-corrected chi connectivity index (χ2v) is 2.81. The molecule has 0 bridgehead atoms. The number of oxime groups is 1. The average molecular weight is 189 g/mol. The van der Waals surface area contributed by atoms with Crippen molar-refractivity contribution >= 4 is 5.84 Å². The highest BCUT2D eigenvalue weighted by molar-refractivity contribution is 5.79. The molecule has 0 aliphatic rings. The van der Waals surface area contributed by atoms with E-state index in [2.05, 4.69) is 10.5 Å². The fourth-order valence-electron chi connectivity index (χ4n) is 0.915. The van der Waals surface area contributed by atoms with Gasteiger partial charge in [-0.25, -0.2) is 0 Å². The molecule has 0 amide bonds. The molecule has 78 valence electrons. The van der Waals surface area contributed by atoms with Crippen LogP contribution in [0.15, 0.2) is 5.16 Å². The summed E-state index contributed by atoms with van der Waals surface area (Å²) >= 11 is 0.